The van der Waals surface area contributed by atoms with Crippen LogP contribution in [0.25, 0.3) is 11.1 Å². The zero-order valence-corrected chi connectivity index (χ0v) is 9.11. The van der Waals surface area contributed by atoms with Gasteiger partial charge in [0, 0.05) is 11.1 Å². The Labute approximate surface area is 102 Å². The third-order valence-electron chi connectivity index (χ3n) is 2.52. The van der Waals surface area contributed by atoms with Gasteiger partial charge in [-0.1, -0.05) is 12.1 Å². The Morgan fingerprint density at radius 2 is 1.11 bits per heavy atom. The number of hydrogen-bond acceptors (Lipinski definition) is 2. The average molecular weight is 240 g/mol. The largest absolute Gasteiger partial charge is 0.206 e. The van der Waals surface area contributed by atoms with E-state index in [1.54, 1.807) is 12.1 Å². The van der Waals surface area contributed by atoms with Crippen molar-refractivity contribution in [2.24, 2.45) is 0 Å². The van der Waals surface area contributed by atoms with E-state index in [0.29, 0.717) is 0 Å². The molecule has 0 aromatic heterocycles. The van der Waals surface area contributed by atoms with Gasteiger partial charge in [-0.15, -0.1) is 0 Å². The fourth-order valence-corrected chi connectivity index (χ4v) is 1.74. The van der Waals surface area contributed by atoms with Gasteiger partial charge >= 0.3 is 0 Å². The Kier molecular flexibility index (Phi) is 3.03. The summed E-state index contributed by atoms with van der Waals surface area (Å²) in [5.74, 6) is -1.45. The molecule has 2 aromatic rings. The smallest absolute Gasteiger partial charge is 0.132 e. The molecule has 0 heterocycles. The molecule has 18 heavy (non-hydrogen) atoms. The summed E-state index contributed by atoms with van der Waals surface area (Å²) in [6, 6.07) is 11.3. The lowest BCUT2D eigenvalue weighted by Gasteiger charge is -2.08. The Bertz CT molecular complexity index is 632. The van der Waals surface area contributed by atoms with E-state index in [1.807, 2.05) is 0 Å². The summed E-state index contributed by atoms with van der Waals surface area (Å²) in [4.78, 5) is 0. The van der Waals surface area contributed by atoms with Crippen LogP contribution in [0.4, 0.5) is 8.78 Å². The average Bonchev–Trinajstić information content (AvgIpc) is 2.38. The highest BCUT2D eigenvalue weighted by Crippen LogP contribution is 2.31. The van der Waals surface area contributed by atoms with Crippen molar-refractivity contribution in [1.82, 2.24) is 0 Å². The molecule has 0 aliphatic heterocycles. The third-order valence-corrected chi connectivity index (χ3v) is 2.52. The molecule has 4 heteroatoms. The van der Waals surface area contributed by atoms with Crippen molar-refractivity contribution < 1.29 is 8.78 Å². The van der Waals surface area contributed by atoms with Gasteiger partial charge < -0.3 is 0 Å². The molecule has 0 aliphatic rings. The Balaban J connectivity index is 2.87. The third kappa shape index (κ3) is 1.81. The van der Waals surface area contributed by atoms with Gasteiger partial charge in [-0.3, -0.25) is 0 Å². The van der Waals surface area contributed by atoms with Crippen LogP contribution in [0.2, 0.25) is 0 Å². The van der Waals surface area contributed by atoms with Crippen LogP contribution in [0, 0.1) is 34.3 Å². The van der Waals surface area contributed by atoms with E-state index in [0.717, 1.165) is 12.1 Å². The lowest BCUT2D eigenvalue weighted by atomic mass is 9.95. The standard InChI is InChI=1S/C14H6F2N2/c15-11-5-1-3-9(7-17)13(11)14-10(8-18)4-2-6-12(14)16/h1-6H. The van der Waals surface area contributed by atoms with E-state index in [9.17, 15) is 8.78 Å². The quantitative estimate of drug-likeness (QED) is 0.767. The number of hydrogen-bond donors (Lipinski definition) is 0. The highest BCUT2D eigenvalue weighted by atomic mass is 19.1. The highest BCUT2D eigenvalue weighted by molar-refractivity contribution is 5.76. The predicted octanol–water partition coefficient (Wildman–Crippen LogP) is 3.38. The SMILES string of the molecule is N#Cc1cccc(F)c1-c1c(F)cccc1C#N. The van der Waals surface area contributed by atoms with Crippen molar-refractivity contribution in [3.63, 3.8) is 0 Å². The van der Waals surface area contributed by atoms with Crippen LogP contribution >= 0.6 is 0 Å². The Morgan fingerprint density at radius 3 is 1.44 bits per heavy atom. The van der Waals surface area contributed by atoms with Gasteiger partial charge in [0.2, 0.25) is 0 Å². The van der Waals surface area contributed by atoms with Crippen molar-refractivity contribution in [1.29, 1.82) is 10.5 Å². The molecule has 2 nitrogen and oxygen atoms in total. The second kappa shape index (κ2) is 4.65. The van der Waals surface area contributed by atoms with E-state index in [-0.39, 0.29) is 22.3 Å². The van der Waals surface area contributed by atoms with E-state index in [1.165, 1.54) is 24.3 Å². The van der Waals surface area contributed by atoms with Crippen LogP contribution < -0.4 is 0 Å². The molecule has 2 aromatic carbocycles. The first-order valence-electron chi connectivity index (χ1n) is 5.06. The number of nitrogens with zero attached hydrogens (tertiary/aromatic N) is 2. The van der Waals surface area contributed by atoms with Crippen LogP contribution in [0.5, 0.6) is 0 Å². The van der Waals surface area contributed by atoms with Crippen LogP contribution in [0.1, 0.15) is 11.1 Å². The molecular formula is C14H6F2N2. The first kappa shape index (κ1) is 11.8. The van der Waals surface area contributed by atoms with Crippen LogP contribution in [0.3, 0.4) is 0 Å². The first-order valence-corrected chi connectivity index (χ1v) is 5.06. The van der Waals surface area contributed by atoms with Crippen molar-refractivity contribution in [3.05, 3.63) is 59.2 Å². The summed E-state index contributed by atoms with van der Waals surface area (Å²) < 4.78 is 27.6. The van der Waals surface area contributed by atoms with Crippen LogP contribution in [-0.2, 0) is 0 Å². The van der Waals surface area contributed by atoms with Gasteiger partial charge in [0.05, 0.1) is 23.3 Å². The van der Waals surface area contributed by atoms with E-state index in [2.05, 4.69) is 0 Å². The first-order chi connectivity index (χ1) is 8.69. The minimum Gasteiger partial charge on any atom is -0.206 e. The Morgan fingerprint density at radius 1 is 0.722 bits per heavy atom. The van der Waals surface area contributed by atoms with E-state index >= 15 is 0 Å². The summed E-state index contributed by atoms with van der Waals surface area (Å²) in [6.45, 7) is 0. The van der Waals surface area contributed by atoms with Gasteiger partial charge in [0.25, 0.3) is 0 Å². The molecular weight excluding hydrogens is 234 g/mol. The second-order valence-electron chi connectivity index (χ2n) is 3.55. The maximum Gasteiger partial charge on any atom is 0.132 e. The summed E-state index contributed by atoms with van der Waals surface area (Å²) >= 11 is 0. The number of halogens is 2. The molecule has 0 N–H and O–H groups in total. The van der Waals surface area contributed by atoms with E-state index in [4.69, 9.17) is 10.5 Å². The summed E-state index contributed by atoms with van der Waals surface area (Å²) in [5, 5.41) is 17.9. The summed E-state index contributed by atoms with van der Waals surface area (Å²) in [6.07, 6.45) is 0. The minimum absolute atomic E-state index is 0.00315. The maximum atomic E-state index is 13.8. The molecule has 0 spiro atoms. The van der Waals surface area contributed by atoms with Crippen molar-refractivity contribution in [2.45, 2.75) is 0 Å². The molecule has 0 bridgehead atoms. The molecule has 2 rings (SSSR count). The normalized spacial score (nSPS) is 9.56. The number of benzene rings is 2. The molecule has 0 saturated heterocycles. The van der Waals surface area contributed by atoms with Gasteiger partial charge in [-0.05, 0) is 24.3 Å². The van der Waals surface area contributed by atoms with Crippen molar-refractivity contribution in [3.8, 4) is 23.3 Å². The summed E-state index contributed by atoms with van der Waals surface area (Å²) in [7, 11) is 0. The maximum absolute atomic E-state index is 13.8. The zero-order valence-electron chi connectivity index (χ0n) is 9.11. The fourth-order valence-electron chi connectivity index (χ4n) is 1.74. The summed E-state index contributed by atoms with van der Waals surface area (Å²) in [5.41, 5.74) is -0.350. The number of rotatable bonds is 1. The monoisotopic (exact) mass is 240 g/mol. The molecule has 0 unspecified atom stereocenters. The molecule has 0 amide bonds. The minimum atomic E-state index is -0.726. The topological polar surface area (TPSA) is 47.6 Å². The fraction of sp³-hybridized carbons (Fsp3) is 0. The van der Waals surface area contributed by atoms with Gasteiger partial charge in [0.1, 0.15) is 11.6 Å². The predicted molar refractivity (Wildman–Crippen MR) is 61.2 cm³/mol. The lowest BCUT2D eigenvalue weighted by molar-refractivity contribution is 0.615. The molecule has 0 aliphatic carbocycles. The molecule has 0 saturated carbocycles. The Hall–Kier alpha value is -2.72. The van der Waals surface area contributed by atoms with Gasteiger partial charge in [-0.2, -0.15) is 10.5 Å². The molecule has 0 atom stereocenters. The lowest BCUT2D eigenvalue weighted by Crippen LogP contribution is -1.96. The van der Waals surface area contributed by atoms with Crippen LogP contribution in [0.15, 0.2) is 36.4 Å². The number of nitriles is 2. The van der Waals surface area contributed by atoms with Crippen molar-refractivity contribution in [2.75, 3.05) is 0 Å². The van der Waals surface area contributed by atoms with Crippen molar-refractivity contribution >= 4 is 0 Å². The molecule has 86 valence electrons. The van der Waals surface area contributed by atoms with Crippen LogP contribution in [-0.4, -0.2) is 0 Å². The highest BCUT2D eigenvalue weighted by Gasteiger charge is 2.18. The molecule has 0 fully saturated rings. The second-order valence-corrected chi connectivity index (χ2v) is 3.55. The van der Waals surface area contributed by atoms with Gasteiger partial charge in [-0.25, -0.2) is 8.78 Å². The zero-order chi connectivity index (χ0) is 13.1. The van der Waals surface area contributed by atoms with E-state index < -0.39 is 11.6 Å². The molecule has 0 radical (unpaired) electrons. The van der Waals surface area contributed by atoms with Gasteiger partial charge in [0.15, 0.2) is 0 Å².